The quantitative estimate of drug-likeness (QED) is 0.677. The predicted molar refractivity (Wildman–Crippen MR) is 79.9 cm³/mol. The highest BCUT2D eigenvalue weighted by molar-refractivity contribution is 9.10. The Morgan fingerprint density at radius 1 is 1.35 bits per heavy atom. The summed E-state index contributed by atoms with van der Waals surface area (Å²) in [6.07, 6.45) is 0. The Labute approximate surface area is 124 Å². The molecule has 0 aliphatic rings. The Kier molecular flexibility index (Phi) is 4.36. The number of nitrogens with zero attached hydrogens (tertiary/aromatic N) is 1. The molecule has 2 aromatic rings. The summed E-state index contributed by atoms with van der Waals surface area (Å²) >= 11 is 3.20. The zero-order valence-corrected chi connectivity index (χ0v) is 12.4. The number of aryl methyl sites for hydroxylation is 1. The van der Waals surface area contributed by atoms with Gasteiger partial charge in [-0.25, -0.2) is 0 Å². The Hall–Kier alpha value is -1.92. The molecule has 104 valence electrons. The molecule has 0 spiro atoms. The Bertz CT molecular complexity index is 659. The molecule has 0 radical (unpaired) electrons. The van der Waals surface area contributed by atoms with E-state index in [0.29, 0.717) is 22.5 Å². The van der Waals surface area contributed by atoms with Gasteiger partial charge in [0.05, 0.1) is 4.92 Å². The van der Waals surface area contributed by atoms with Crippen LogP contribution in [0, 0.1) is 17.0 Å². The molecule has 0 fully saturated rings. The molecule has 6 heteroatoms. The van der Waals surface area contributed by atoms with Gasteiger partial charge in [-0.1, -0.05) is 12.1 Å². The zero-order chi connectivity index (χ0) is 14.7. The molecule has 2 N–H and O–H groups in total. The standard InChI is InChI=1S/C14H13BrN2O3/c1-9-7-11(6-5-10(9)8-16)20-13-4-2-3-12(14(13)15)17(18)19/h2-7H,8,16H2,1H3. The largest absolute Gasteiger partial charge is 0.456 e. The summed E-state index contributed by atoms with van der Waals surface area (Å²) in [7, 11) is 0. The molecule has 0 aromatic heterocycles. The van der Waals surface area contributed by atoms with Crippen LogP contribution in [-0.2, 0) is 6.54 Å². The van der Waals surface area contributed by atoms with Crippen molar-refractivity contribution in [2.75, 3.05) is 0 Å². The van der Waals surface area contributed by atoms with Crippen LogP contribution in [0.4, 0.5) is 5.69 Å². The van der Waals surface area contributed by atoms with Crippen molar-refractivity contribution in [1.29, 1.82) is 0 Å². The van der Waals surface area contributed by atoms with Crippen molar-refractivity contribution in [3.63, 3.8) is 0 Å². The van der Waals surface area contributed by atoms with Crippen LogP contribution in [-0.4, -0.2) is 4.92 Å². The molecule has 0 atom stereocenters. The van der Waals surface area contributed by atoms with E-state index in [0.717, 1.165) is 11.1 Å². The fourth-order valence-electron chi connectivity index (χ4n) is 1.81. The fourth-order valence-corrected chi connectivity index (χ4v) is 2.30. The van der Waals surface area contributed by atoms with Crippen LogP contribution in [0.15, 0.2) is 40.9 Å². The fraction of sp³-hybridized carbons (Fsp3) is 0.143. The second-order valence-corrected chi connectivity index (χ2v) is 5.03. The van der Waals surface area contributed by atoms with Crippen molar-refractivity contribution in [1.82, 2.24) is 0 Å². The van der Waals surface area contributed by atoms with Gasteiger partial charge in [-0.15, -0.1) is 0 Å². The number of hydrogen-bond donors (Lipinski definition) is 1. The highest BCUT2D eigenvalue weighted by Gasteiger charge is 2.16. The first-order chi connectivity index (χ1) is 9.52. The topological polar surface area (TPSA) is 78.4 Å². The van der Waals surface area contributed by atoms with Crippen LogP contribution < -0.4 is 10.5 Å². The SMILES string of the molecule is Cc1cc(Oc2cccc([N+](=O)[O-])c2Br)ccc1CN. The molecule has 20 heavy (non-hydrogen) atoms. The number of rotatable bonds is 4. The monoisotopic (exact) mass is 336 g/mol. The smallest absolute Gasteiger partial charge is 0.287 e. The first-order valence-corrected chi connectivity index (χ1v) is 6.72. The first-order valence-electron chi connectivity index (χ1n) is 5.93. The second kappa shape index (κ2) is 6.02. The van der Waals surface area contributed by atoms with Crippen LogP contribution >= 0.6 is 15.9 Å². The van der Waals surface area contributed by atoms with E-state index in [9.17, 15) is 10.1 Å². The van der Waals surface area contributed by atoms with Gasteiger partial charge in [-0.3, -0.25) is 10.1 Å². The van der Waals surface area contributed by atoms with Crippen LogP contribution in [0.2, 0.25) is 0 Å². The van der Waals surface area contributed by atoms with E-state index in [1.165, 1.54) is 6.07 Å². The lowest BCUT2D eigenvalue weighted by Crippen LogP contribution is -1.99. The maximum Gasteiger partial charge on any atom is 0.287 e. The number of hydrogen-bond acceptors (Lipinski definition) is 4. The molecule has 0 bridgehead atoms. The minimum absolute atomic E-state index is 0.0298. The average molecular weight is 337 g/mol. The summed E-state index contributed by atoms with van der Waals surface area (Å²) in [6.45, 7) is 2.41. The van der Waals surface area contributed by atoms with E-state index in [1.807, 2.05) is 19.1 Å². The minimum atomic E-state index is -0.459. The van der Waals surface area contributed by atoms with Gasteiger partial charge in [0.1, 0.15) is 16.0 Å². The normalized spacial score (nSPS) is 10.3. The van der Waals surface area contributed by atoms with Crippen molar-refractivity contribution in [3.05, 3.63) is 62.1 Å². The minimum Gasteiger partial charge on any atom is -0.456 e. The Balaban J connectivity index is 2.33. The number of nitrogens with two attached hydrogens (primary N) is 1. The van der Waals surface area contributed by atoms with E-state index in [1.54, 1.807) is 18.2 Å². The van der Waals surface area contributed by atoms with E-state index >= 15 is 0 Å². The predicted octanol–water partition coefficient (Wildman–Crippen LogP) is 3.92. The average Bonchev–Trinajstić information content (AvgIpc) is 2.41. The van der Waals surface area contributed by atoms with Gasteiger partial charge in [0, 0.05) is 12.6 Å². The molecule has 2 aromatic carbocycles. The van der Waals surface area contributed by atoms with E-state index < -0.39 is 4.92 Å². The molecule has 0 amide bonds. The van der Waals surface area contributed by atoms with Crippen LogP contribution in [0.5, 0.6) is 11.5 Å². The molecule has 0 saturated carbocycles. The maximum atomic E-state index is 10.9. The lowest BCUT2D eigenvalue weighted by atomic mass is 10.1. The van der Waals surface area contributed by atoms with Crippen molar-refractivity contribution < 1.29 is 9.66 Å². The van der Waals surface area contributed by atoms with Gasteiger partial charge in [-0.05, 0) is 52.2 Å². The van der Waals surface area contributed by atoms with Crippen LogP contribution in [0.1, 0.15) is 11.1 Å². The summed E-state index contributed by atoms with van der Waals surface area (Å²) < 4.78 is 6.01. The number of halogens is 1. The van der Waals surface area contributed by atoms with Gasteiger partial charge in [-0.2, -0.15) is 0 Å². The molecule has 0 unspecified atom stereocenters. The highest BCUT2D eigenvalue weighted by atomic mass is 79.9. The Morgan fingerprint density at radius 3 is 2.70 bits per heavy atom. The van der Waals surface area contributed by atoms with E-state index in [2.05, 4.69) is 15.9 Å². The third kappa shape index (κ3) is 2.97. The van der Waals surface area contributed by atoms with E-state index in [4.69, 9.17) is 10.5 Å². The number of nitro groups is 1. The number of benzene rings is 2. The lowest BCUT2D eigenvalue weighted by Gasteiger charge is -2.10. The summed E-state index contributed by atoms with van der Waals surface area (Å²) in [5.41, 5.74) is 7.63. The molecule has 0 heterocycles. The lowest BCUT2D eigenvalue weighted by molar-refractivity contribution is -0.385. The maximum absolute atomic E-state index is 10.9. The van der Waals surface area contributed by atoms with Gasteiger partial charge < -0.3 is 10.5 Å². The molecular formula is C14H13BrN2O3. The first kappa shape index (κ1) is 14.5. The van der Waals surface area contributed by atoms with Gasteiger partial charge in [0.15, 0.2) is 0 Å². The van der Waals surface area contributed by atoms with Crippen LogP contribution in [0.25, 0.3) is 0 Å². The third-order valence-electron chi connectivity index (χ3n) is 2.90. The zero-order valence-electron chi connectivity index (χ0n) is 10.8. The molecule has 0 aliphatic carbocycles. The van der Waals surface area contributed by atoms with Gasteiger partial charge in [0.25, 0.3) is 5.69 Å². The van der Waals surface area contributed by atoms with E-state index in [-0.39, 0.29) is 5.69 Å². The van der Waals surface area contributed by atoms with Gasteiger partial charge in [0.2, 0.25) is 0 Å². The number of ether oxygens (including phenoxy) is 1. The second-order valence-electron chi connectivity index (χ2n) is 4.24. The van der Waals surface area contributed by atoms with Crippen molar-refractivity contribution >= 4 is 21.6 Å². The van der Waals surface area contributed by atoms with Crippen molar-refractivity contribution in [2.24, 2.45) is 5.73 Å². The molecule has 2 rings (SSSR count). The molecule has 5 nitrogen and oxygen atoms in total. The third-order valence-corrected chi connectivity index (χ3v) is 3.70. The molecule has 0 aliphatic heterocycles. The molecule has 0 saturated heterocycles. The van der Waals surface area contributed by atoms with Crippen molar-refractivity contribution in [3.8, 4) is 11.5 Å². The summed E-state index contributed by atoms with van der Waals surface area (Å²) in [5.74, 6) is 1.01. The highest BCUT2D eigenvalue weighted by Crippen LogP contribution is 2.36. The molecular weight excluding hydrogens is 324 g/mol. The summed E-state index contributed by atoms with van der Waals surface area (Å²) in [6, 6.07) is 10.2. The summed E-state index contributed by atoms with van der Waals surface area (Å²) in [5, 5.41) is 10.9. The van der Waals surface area contributed by atoms with Crippen molar-refractivity contribution in [2.45, 2.75) is 13.5 Å². The Morgan fingerprint density at radius 2 is 2.10 bits per heavy atom. The van der Waals surface area contributed by atoms with Crippen LogP contribution in [0.3, 0.4) is 0 Å². The summed E-state index contributed by atoms with van der Waals surface area (Å²) in [4.78, 5) is 10.4. The number of nitro benzene ring substituents is 1. The van der Waals surface area contributed by atoms with Gasteiger partial charge >= 0.3 is 0 Å².